The molecule has 1 aromatic rings. The molecule has 1 fully saturated rings. The Bertz CT molecular complexity index is 463. The molecule has 1 heterocycles. The molecule has 0 spiro atoms. The fourth-order valence-corrected chi connectivity index (χ4v) is 2.30. The van der Waals surface area contributed by atoms with E-state index in [4.69, 9.17) is 14.6 Å². The van der Waals surface area contributed by atoms with Gasteiger partial charge in [0.15, 0.2) is 0 Å². The summed E-state index contributed by atoms with van der Waals surface area (Å²) in [5, 5.41) is 8.80. The SMILES string of the molecule is CB1OC(C)(C)C(C)(c2ccc(C#N)cc2)O1. The summed E-state index contributed by atoms with van der Waals surface area (Å²) in [4.78, 5) is 0. The van der Waals surface area contributed by atoms with Gasteiger partial charge in [-0.1, -0.05) is 12.1 Å². The van der Waals surface area contributed by atoms with Crippen LogP contribution in [0.2, 0.25) is 6.82 Å². The van der Waals surface area contributed by atoms with E-state index in [1.165, 1.54) is 0 Å². The van der Waals surface area contributed by atoms with Crippen LogP contribution in [0, 0.1) is 11.3 Å². The molecule has 1 aliphatic heterocycles. The van der Waals surface area contributed by atoms with Gasteiger partial charge in [-0.05, 0) is 45.3 Å². The first kappa shape index (κ1) is 12.2. The van der Waals surface area contributed by atoms with Crippen molar-refractivity contribution >= 4 is 7.12 Å². The van der Waals surface area contributed by atoms with Gasteiger partial charge in [0, 0.05) is 0 Å². The van der Waals surface area contributed by atoms with Crippen LogP contribution in [0.5, 0.6) is 0 Å². The average Bonchev–Trinajstić information content (AvgIpc) is 2.48. The molecule has 1 atom stereocenters. The zero-order valence-corrected chi connectivity index (χ0v) is 10.7. The summed E-state index contributed by atoms with van der Waals surface area (Å²) >= 11 is 0. The van der Waals surface area contributed by atoms with Crippen LogP contribution in [0.15, 0.2) is 24.3 Å². The highest BCUT2D eigenvalue weighted by Crippen LogP contribution is 2.44. The number of nitrogens with zero attached hydrogens (tertiary/aromatic N) is 1. The topological polar surface area (TPSA) is 42.2 Å². The first-order valence-corrected chi connectivity index (χ1v) is 5.75. The second-order valence-electron chi connectivity index (χ2n) is 5.04. The largest absolute Gasteiger partial charge is 0.454 e. The minimum absolute atomic E-state index is 0.217. The summed E-state index contributed by atoms with van der Waals surface area (Å²) in [6.07, 6.45) is 0. The van der Waals surface area contributed by atoms with Crippen LogP contribution in [0.25, 0.3) is 0 Å². The maximum Gasteiger partial charge on any atom is 0.454 e. The third kappa shape index (κ3) is 1.86. The molecule has 1 unspecified atom stereocenters. The number of hydrogen-bond donors (Lipinski definition) is 0. The van der Waals surface area contributed by atoms with Crippen molar-refractivity contribution in [3.8, 4) is 6.07 Å². The summed E-state index contributed by atoms with van der Waals surface area (Å²) in [5.41, 5.74) is 0.814. The maximum atomic E-state index is 8.80. The molecule has 0 aliphatic carbocycles. The molecule has 17 heavy (non-hydrogen) atoms. The molecule has 0 saturated carbocycles. The number of hydrogen-bond acceptors (Lipinski definition) is 3. The summed E-state index contributed by atoms with van der Waals surface area (Å²) in [7, 11) is -0.217. The van der Waals surface area contributed by atoms with Crippen molar-refractivity contribution in [2.45, 2.75) is 38.8 Å². The van der Waals surface area contributed by atoms with Crippen molar-refractivity contribution in [2.24, 2.45) is 0 Å². The molecule has 1 aliphatic rings. The number of benzene rings is 1. The lowest BCUT2D eigenvalue weighted by atomic mass is 9.81. The minimum atomic E-state index is -0.486. The summed E-state index contributed by atoms with van der Waals surface area (Å²) in [6.45, 7) is 7.97. The molecule has 3 nitrogen and oxygen atoms in total. The highest BCUT2D eigenvalue weighted by molar-refractivity contribution is 6.43. The summed E-state index contributed by atoms with van der Waals surface area (Å²) in [5.74, 6) is 0. The van der Waals surface area contributed by atoms with Crippen LogP contribution >= 0.6 is 0 Å². The first-order chi connectivity index (χ1) is 7.89. The molecule has 4 heteroatoms. The zero-order valence-electron chi connectivity index (χ0n) is 10.7. The lowest BCUT2D eigenvalue weighted by Gasteiger charge is -2.36. The molecule has 0 aromatic heterocycles. The van der Waals surface area contributed by atoms with Gasteiger partial charge in [-0.25, -0.2) is 0 Å². The van der Waals surface area contributed by atoms with Crippen molar-refractivity contribution in [1.29, 1.82) is 5.26 Å². The van der Waals surface area contributed by atoms with E-state index >= 15 is 0 Å². The maximum absolute atomic E-state index is 8.80. The van der Waals surface area contributed by atoms with Crippen LogP contribution < -0.4 is 0 Å². The van der Waals surface area contributed by atoms with Crippen LogP contribution in [0.1, 0.15) is 31.9 Å². The van der Waals surface area contributed by atoms with Gasteiger partial charge < -0.3 is 9.31 Å². The first-order valence-electron chi connectivity index (χ1n) is 5.75. The quantitative estimate of drug-likeness (QED) is 0.695. The molecular weight excluding hydrogens is 213 g/mol. The van der Waals surface area contributed by atoms with Gasteiger partial charge >= 0.3 is 7.12 Å². The molecule has 1 saturated heterocycles. The Kier molecular flexibility index (Phi) is 2.77. The van der Waals surface area contributed by atoms with E-state index in [9.17, 15) is 0 Å². The van der Waals surface area contributed by atoms with Crippen LogP contribution in [0.4, 0.5) is 0 Å². The molecule has 1 aromatic carbocycles. The van der Waals surface area contributed by atoms with E-state index in [2.05, 4.69) is 6.07 Å². The Morgan fingerprint density at radius 1 is 1.12 bits per heavy atom. The van der Waals surface area contributed by atoms with E-state index in [-0.39, 0.29) is 12.7 Å². The molecular formula is C13H16BNO2. The normalized spacial score (nSPS) is 26.9. The van der Waals surface area contributed by atoms with E-state index in [0.29, 0.717) is 5.56 Å². The fourth-order valence-electron chi connectivity index (χ4n) is 2.30. The number of nitriles is 1. The van der Waals surface area contributed by atoms with Gasteiger partial charge in [0.1, 0.15) is 5.60 Å². The van der Waals surface area contributed by atoms with Gasteiger partial charge in [-0.2, -0.15) is 5.26 Å². The summed E-state index contributed by atoms with van der Waals surface area (Å²) < 4.78 is 11.7. The Morgan fingerprint density at radius 3 is 2.12 bits per heavy atom. The summed E-state index contributed by atoms with van der Waals surface area (Å²) in [6, 6.07) is 9.60. The van der Waals surface area contributed by atoms with Gasteiger partial charge in [-0.15, -0.1) is 0 Å². The molecule has 2 rings (SSSR count). The predicted octanol–water partition coefficient (Wildman–Crippen LogP) is 2.72. The van der Waals surface area contributed by atoms with Crippen molar-refractivity contribution in [2.75, 3.05) is 0 Å². The Hall–Kier alpha value is -1.31. The smallest absolute Gasteiger partial charge is 0.403 e. The Labute approximate surface area is 102 Å². The van der Waals surface area contributed by atoms with Gasteiger partial charge in [0.2, 0.25) is 0 Å². The van der Waals surface area contributed by atoms with Crippen molar-refractivity contribution in [3.05, 3.63) is 35.4 Å². The molecule has 0 amide bonds. The van der Waals surface area contributed by atoms with Crippen LogP contribution in [-0.2, 0) is 14.9 Å². The van der Waals surface area contributed by atoms with E-state index in [1.54, 1.807) is 0 Å². The fraction of sp³-hybridized carbons (Fsp3) is 0.462. The molecule has 0 radical (unpaired) electrons. The lowest BCUT2D eigenvalue weighted by Crippen LogP contribution is -2.42. The third-order valence-electron chi connectivity index (χ3n) is 3.58. The lowest BCUT2D eigenvalue weighted by molar-refractivity contribution is -0.0133. The molecule has 0 bridgehead atoms. The van der Waals surface area contributed by atoms with Crippen LogP contribution in [0.3, 0.4) is 0 Å². The second-order valence-corrected chi connectivity index (χ2v) is 5.04. The highest BCUT2D eigenvalue weighted by Gasteiger charge is 2.53. The minimum Gasteiger partial charge on any atom is -0.403 e. The molecule has 0 N–H and O–H groups in total. The van der Waals surface area contributed by atoms with E-state index in [1.807, 2.05) is 51.9 Å². The zero-order chi connectivity index (χ0) is 12.7. The average molecular weight is 229 g/mol. The third-order valence-corrected chi connectivity index (χ3v) is 3.58. The number of rotatable bonds is 1. The van der Waals surface area contributed by atoms with Crippen molar-refractivity contribution < 1.29 is 9.31 Å². The van der Waals surface area contributed by atoms with Gasteiger partial charge in [0.25, 0.3) is 0 Å². The van der Waals surface area contributed by atoms with Crippen LogP contribution in [-0.4, -0.2) is 12.7 Å². The monoisotopic (exact) mass is 229 g/mol. The van der Waals surface area contributed by atoms with Crippen molar-refractivity contribution in [3.63, 3.8) is 0 Å². The van der Waals surface area contributed by atoms with E-state index in [0.717, 1.165) is 5.56 Å². The highest BCUT2D eigenvalue weighted by atomic mass is 16.7. The predicted molar refractivity (Wildman–Crippen MR) is 66.4 cm³/mol. The Morgan fingerprint density at radius 2 is 1.71 bits per heavy atom. The van der Waals surface area contributed by atoms with Gasteiger partial charge in [0.05, 0.1) is 17.2 Å². The Balaban J connectivity index is 2.41. The van der Waals surface area contributed by atoms with Gasteiger partial charge in [-0.3, -0.25) is 0 Å². The van der Waals surface area contributed by atoms with E-state index < -0.39 is 5.60 Å². The second kappa shape index (κ2) is 3.87. The standard InChI is InChI=1S/C13H16BNO2/c1-12(2)13(3,17-14(4)16-12)11-7-5-10(9-15)6-8-11/h5-8H,1-4H3. The molecule has 88 valence electrons. The van der Waals surface area contributed by atoms with Crippen molar-refractivity contribution in [1.82, 2.24) is 0 Å².